The molecular formula is C13H26N2O. The van der Waals surface area contributed by atoms with E-state index in [-0.39, 0.29) is 0 Å². The molecule has 16 heavy (non-hydrogen) atoms. The molecule has 0 aliphatic carbocycles. The summed E-state index contributed by atoms with van der Waals surface area (Å²) in [6.07, 6.45) is 3.53. The second kappa shape index (κ2) is 5.67. The molecule has 2 fully saturated rings. The first-order valence-corrected chi connectivity index (χ1v) is 6.59. The minimum atomic E-state index is 0.492. The highest BCUT2D eigenvalue weighted by Gasteiger charge is 2.44. The number of hydrogen-bond acceptors (Lipinski definition) is 2. The quantitative estimate of drug-likeness (QED) is 0.672. The lowest BCUT2D eigenvalue weighted by molar-refractivity contribution is -0.133. The Morgan fingerprint density at radius 1 is 1.12 bits per heavy atom. The van der Waals surface area contributed by atoms with Crippen LogP contribution in [-0.2, 0) is 4.79 Å². The van der Waals surface area contributed by atoms with Crippen molar-refractivity contribution in [2.24, 2.45) is 5.41 Å². The second-order valence-corrected chi connectivity index (χ2v) is 5.14. The number of carbonyl (C=O) groups excluding carboxylic acids is 1. The van der Waals surface area contributed by atoms with E-state index < -0.39 is 0 Å². The summed E-state index contributed by atoms with van der Waals surface area (Å²) in [5.74, 6) is 0. The van der Waals surface area contributed by atoms with Gasteiger partial charge in [0.05, 0.1) is 0 Å². The molecular weight excluding hydrogens is 200 g/mol. The zero-order valence-corrected chi connectivity index (χ0v) is 11.2. The number of carbonyl (C=O) groups is 1. The van der Waals surface area contributed by atoms with Crippen molar-refractivity contribution in [3.05, 3.63) is 0 Å². The number of likely N-dealkylation sites (tertiary alicyclic amines) is 2. The molecule has 0 atom stereocenters. The Kier molecular flexibility index (Phi) is 4.78. The van der Waals surface area contributed by atoms with Crippen molar-refractivity contribution in [2.45, 2.75) is 46.6 Å². The third kappa shape index (κ3) is 2.76. The van der Waals surface area contributed by atoms with Crippen molar-refractivity contribution in [2.75, 3.05) is 26.2 Å². The Balaban J connectivity index is 0.000000606. The number of amides is 1. The van der Waals surface area contributed by atoms with Gasteiger partial charge in [0.25, 0.3) is 0 Å². The van der Waals surface area contributed by atoms with Gasteiger partial charge in [-0.05, 0) is 39.8 Å². The van der Waals surface area contributed by atoms with Crippen LogP contribution in [0.25, 0.3) is 0 Å². The van der Waals surface area contributed by atoms with E-state index in [9.17, 15) is 4.79 Å². The maximum Gasteiger partial charge on any atom is 0.209 e. The summed E-state index contributed by atoms with van der Waals surface area (Å²) in [7, 11) is 0. The first-order chi connectivity index (χ1) is 7.65. The Morgan fingerprint density at radius 3 is 2.00 bits per heavy atom. The van der Waals surface area contributed by atoms with Crippen molar-refractivity contribution in [3.63, 3.8) is 0 Å². The maximum atomic E-state index is 10.5. The third-order valence-electron chi connectivity index (χ3n) is 3.82. The summed E-state index contributed by atoms with van der Waals surface area (Å²) in [4.78, 5) is 14.9. The van der Waals surface area contributed by atoms with Crippen LogP contribution in [-0.4, -0.2) is 48.4 Å². The van der Waals surface area contributed by atoms with Crippen LogP contribution in [0.3, 0.4) is 0 Å². The van der Waals surface area contributed by atoms with E-state index in [1.165, 1.54) is 25.9 Å². The molecule has 0 N–H and O–H groups in total. The molecule has 0 aromatic carbocycles. The van der Waals surface area contributed by atoms with Gasteiger partial charge in [0.15, 0.2) is 0 Å². The fraction of sp³-hybridized carbons (Fsp3) is 0.923. The van der Waals surface area contributed by atoms with Gasteiger partial charge in [-0.25, -0.2) is 0 Å². The molecule has 3 nitrogen and oxygen atoms in total. The van der Waals surface area contributed by atoms with E-state index in [1.807, 2.05) is 18.7 Å². The molecule has 2 rings (SSSR count). The zero-order chi connectivity index (χ0) is 12.2. The van der Waals surface area contributed by atoms with E-state index in [4.69, 9.17) is 0 Å². The van der Waals surface area contributed by atoms with Gasteiger partial charge in [0.2, 0.25) is 6.41 Å². The smallest absolute Gasteiger partial charge is 0.209 e. The van der Waals surface area contributed by atoms with E-state index in [1.54, 1.807) is 0 Å². The molecule has 0 bridgehead atoms. The summed E-state index contributed by atoms with van der Waals surface area (Å²) in [5.41, 5.74) is 0.492. The minimum Gasteiger partial charge on any atom is -0.344 e. The number of rotatable bonds is 2. The highest BCUT2D eigenvalue weighted by molar-refractivity contribution is 5.49. The topological polar surface area (TPSA) is 23.6 Å². The Morgan fingerprint density at radius 2 is 1.62 bits per heavy atom. The Labute approximate surface area is 99.8 Å². The highest BCUT2D eigenvalue weighted by atomic mass is 16.1. The van der Waals surface area contributed by atoms with Crippen molar-refractivity contribution in [1.29, 1.82) is 0 Å². The summed E-state index contributed by atoms with van der Waals surface area (Å²) < 4.78 is 0. The summed E-state index contributed by atoms with van der Waals surface area (Å²) in [5, 5.41) is 0. The summed E-state index contributed by atoms with van der Waals surface area (Å²) >= 11 is 0. The van der Waals surface area contributed by atoms with Crippen LogP contribution in [0.5, 0.6) is 0 Å². The summed E-state index contributed by atoms with van der Waals surface area (Å²) in [6.45, 7) is 13.0. The average Bonchev–Trinajstić information content (AvgIpc) is 2.28. The molecule has 0 aromatic rings. The van der Waals surface area contributed by atoms with Crippen LogP contribution < -0.4 is 0 Å². The first kappa shape index (κ1) is 13.5. The van der Waals surface area contributed by atoms with E-state index in [2.05, 4.69) is 18.7 Å². The Hall–Kier alpha value is -0.570. The average molecular weight is 226 g/mol. The lowest BCUT2D eigenvalue weighted by Crippen LogP contribution is -2.60. The monoisotopic (exact) mass is 226 g/mol. The lowest BCUT2D eigenvalue weighted by Gasteiger charge is -2.53. The van der Waals surface area contributed by atoms with E-state index in [0.29, 0.717) is 11.5 Å². The van der Waals surface area contributed by atoms with Crippen molar-refractivity contribution in [1.82, 2.24) is 9.80 Å². The number of piperidine rings is 1. The van der Waals surface area contributed by atoms with E-state index in [0.717, 1.165) is 19.5 Å². The van der Waals surface area contributed by atoms with Gasteiger partial charge in [0, 0.05) is 24.5 Å². The van der Waals surface area contributed by atoms with Crippen LogP contribution in [0.4, 0.5) is 0 Å². The van der Waals surface area contributed by atoms with Gasteiger partial charge in [-0.15, -0.1) is 0 Å². The van der Waals surface area contributed by atoms with Crippen LogP contribution in [0.1, 0.15) is 40.5 Å². The molecule has 0 unspecified atom stereocenters. The number of nitrogens with zero attached hydrogens (tertiary/aromatic N) is 2. The third-order valence-corrected chi connectivity index (χ3v) is 3.82. The molecule has 2 aliphatic heterocycles. The van der Waals surface area contributed by atoms with Crippen LogP contribution in [0, 0.1) is 5.41 Å². The molecule has 2 heterocycles. The molecule has 2 aliphatic rings. The van der Waals surface area contributed by atoms with Gasteiger partial charge in [-0.2, -0.15) is 0 Å². The second-order valence-electron chi connectivity index (χ2n) is 5.14. The normalized spacial score (nSPS) is 23.7. The first-order valence-electron chi connectivity index (χ1n) is 6.59. The van der Waals surface area contributed by atoms with Gasteiger partial charge in [-0.1, -0.05) is 13.8 Å². The van der Waals surface area contributed by atoms with Crippen LogP contribution in [0.2, 0.25) is 0 Å². The van der Waals surface area contributed by atoms with Crippen LogP contribution >= 0.6 is 0 Å². The lowest BCUT2D eigenvalue weighted by atomic mass is 9.72. The fourth-order valence-corrected chi connectivity index (χ4v) is 2.72. The molecule has 3 heteroatoms. The standard InChI is InChI=1S/C11H20N2O.C2H6/c1-10(2)13-5-3-11(4-6-13)7-12(8-11)9-14;1-2/h9-10H,3-8H2,1-2H3;1-2H3. The van der Waals surface area contributed by atoms with Crippen molar-refractivity contribution in [3.8, 4) is 0 Å². The van der Waals surface area contributed by atoms with Gasteiger partial charge >= 0.3 is 0 Å². The molecule has 0 saturated carbocycles. The van der Waals surface area contributed by atoms with E-state index >= 15 is 0 Å². The van der Waals surface area contributed by atoms with Gasteiger partial charge in [-0.3, -0.25) is 4.79 Å². The molecule has 0 aromatic heterocycles. The maximum absolute atomic E-state index is 10.5. The predicted molar refractivity (Wildman–Crippen MR) is 67.4 cm³/mol. The SMILES string of the molecule is CC.CC(C)N1CCC2(CC1)CN(C=O)C2. The van der Waals surface area contributed by atoms with Crippen molar-refractivity contribution < 1.29 is 4.79 Å². The molecule has 1 amide bonds. The van der Waals surface area contributed by atoms with Gasteiger partial charge in [0.1, 0.15) is 0 Å². The Bertz CT molecular complexity index is 212. The van der Waals surface area contributed by atoms with Crippen molar-refractivity contribution >= 4 is 6.41 Å². The molecule has 94 valence electrons. The fourth-order valence-electron chi connectivity index (χ4n) is 2.72. The molecule has 1 spiro atoms. The number of hydrogen-bond donors (Lipinski definition) is 0. The summed E-state index contributed by atoms with van der Waals surface area (Å²) in [6, 6.07) is 0.676. The predicted octanol–water partition coefficient (Wildman–Crippen LogP) is 1.98. The highest BCUT2D eigenvalue weighted by Crippen LogP contribution is 2.39. The van der Waals surface area contributed by atoms with Crippen LogP contribution in [0.15, 0.2) is 0 Å². The van der Waals surface area contributed by atoms with Gasteiger partial charge < -0.3 is 9.80 Å². The molecule has 2 saturated heterocycles. The minimum absolute atomic E-state index is 0.492. The zero-order valence-electron chi connectivity index (χ0n) is 11.2. The largest absolute Gasteiger partial charge is 0.344 e. The molecule has 0 radical (unpaired) electrons.